The fourth-order valence-corrected chi connectivity index (χ4v) is 3.86. The fraction of sp³-hybridized carbons (Fsp3) is 0.292. The normalized spacial score (nSPS) is 14.0. The SMILES string of the molecule is CCc1cc(-c2cc(Oc3cc(Cl)cnc3OC)ccn2)ccc1C(=O)NC1CN(C)C1. The standard InChI is InChI=1S/C24H25ClN4O3/c1-4-15-9-16(5-6-20(15)23(30)28-18-13-29(2)14-18)21-11-19(7-8-26-21)32-22-10-17(25)12-27-24(22)31-3/h5-12,18H,4,13-14H2,1-3H3,(H,28,30). The zero-order chi connectivity index (χ0) is 22.7. The van der Waals surface area contributed by atoms with Crippen LogP contribution in [0.1, 0.15) is 22.8 Å². The topological polar surface area (TPSA) is 76.6 Å². The van der Waals surface area contributed by atoms with Crippen LogP contribution in [0.5, 0.6) is 17.4 Å². The van der Waals surface area contributed by atoms with Crippen molar-refractivity contribution < 1.29 is 14.3 Å². The molecule has 0 aliphatic carbocycles. The van der Waals surface area contributed by atoms with Crippen molar-refractivity contribution in [2.45, 2.75) is 19.4 Å². The summed E-state index contributed by atoms with van der Waals surface area (Å²) in [6.45, 7) is 3.81. The van der Waals surface area contributed by atoms with E-state index < -0.39 is 0 Å². The van der Waals surface area contributed by atoms with E-state index in [-0.39, 0.29) is 11.9 Å². The number of carbonyl (C=O) groups is 1. The highest BCUT2D eigenvalue weighted by Gasteiger charge is 2.25. The number of likely N-dealkylation sites (tertiary alicyclic amines) is 1. The fourth-order valence-electron chi connectivity index (χ4n) is 3.71. The molecule has 0 saturated carbocycles. The van der Waals surface area contributed by atoms with Crippen LogP contribution in [0.4, 0.5) is 0 Å². The van der Waals surface area contributed by atoms with E-state index in [1.54, 1.807) is 18.3 Å². The number of ether oxygens (including phenoxy) is 2. The van der Waals surface area contributed by atoms with Crippen molar-refractivity contribution in [3.05, 3.63) is 64.9 Å². The van der Waals surface area contributed by atoms with Gasteiger partial charge in [-0.2, -0.15) is 0 Å². The number of aromatic nitrogens is 2. The predicted molar refractivity (Wildman–Crippen MR) is 124 cm³/mol. The lowest BCUT2D eigenvalue weighted by molar-refractivity contribution is 0.0857. The maximum Gasteiger partial charge on any atom is 0.257 e. The molecule has 1 saturated heterocycles. The number of hydrogen-bond donors (Lipinski definition) is 1. The van der Waals surface area contributed by atoms with Gasteiger partial charge in [-0.05, 0) is 37.2 Å². The quantitative estimate of drug-likeness (QED) is 0.578. The summed E-state index contributed by atoms with van der Waals surface area (Å²) in [5, 5.41) is 3.55. The second kappa shape index (κ2) is 9.54. The average molecular weight is 453 g/mol. The van der Waals surface area contributed by atoms with Crippen LogP contribution in [0.15, 0.2) is 48.8 Å². The summed E-state index contributed by atoms with van der Waals surface area (Å²) < 4.78 is 11.2. The van der Waals surface area contributed by atoms with Crippen LogP contribution in [0.2, 0.25) is 5.02 Å². The molecular weight excluding hydrogens is 428 g/mol. The first-order valence-corrected chi connectivity index (χ1v) is 10.8. The minimum atomic E-state index is -0.0305. The van der Waals surface area contributed by atoms with Crippen molar-refractivity contribution in [3.8, 4) is 28.6 Å². The number of nitrogens with one attached hydrogen (secondary N) is 1. The molecule has 1 fully saturated rings. The van der Waals surface area contributed by atoms with Crippen LogP contribution < -0.4 is 14.8 Å². The number of halogens is 1. The van der Waals surface area contributed by atoms with E-state index >= 15 is 0 Å². The number of amides is 1. The molecule has 8 heteroatoms. The summed E-state index contributed by atoms with van der Waals surface area (Å²) in [7, 11) is 3.56. The van der Waals surface area contributed by atoms with Gasteiger partial charge < -0.3 is 19.7 Å². The Balaban J connectivity index is 1.56. The molecule has 2 aromatic heterocycles. The first-order chi connectivity index (χ1) is 15.5. The highest BCUT2D eigenvalue weighted by molar-refractivity contribution is 6.30. The lowest BCUT2D eigenvalue weighted by atomic mass is 9.98. The van der Waals surface area contributed by atoms with Crippen LogP contribution in [0.25, 0.3) is 11.3 Å². The summed E-state index contributed by atoms with van der Waals surface area (Å²) in [6.07, 6.45) is 3.91. The van der Waals surface area contributed by atoms with Gasteiger partial charge in [0.1, 0.15) is 5.75 Å². The summed E-state index contributed by atoms with van der Waals surface area (Å²) in [5.74, 6) is 1.30. The highest BCUT2D eigenvalue weighted by Crippen LogP contribution is 2.33. The first kappa shape index (κ1) is 22.0. The van der Waals surface area contributed by atoms with Gasteiger partial charge in [-0.1, -0.05) is 24.6 Å². The summed E-state index contributed by atoms with van der Waals surface area (Å²) >= 11 is 6.05. The largest absolute Gasteiger partial charge is 0.478 e. The van der Waals surface area contributed by atoms with Gasteiger partial charge in [-0.3, -0.25) is 9.78 Å². The monoisotopic (exact) mass is 452 g/mol. The van der Waals surface area contributed by atoms with Gasteiger partial charge in [0.05, 0.1) is 23.9 Å². The molecule has 1 aliphatic rings. The third-order valence-electron chi connectivity index (χ3n) is 5.36. The summed E-state index contributed by atoms with van der Waals surface area (Å²) in [5.41, 5.74) is 3.32. The molecule has 1 aromatic carbocycles. The molecule has 7 nitrogen and oxygen atoms in total. The van der Waals surface area contributed by atoms with Crippen molar-refractivity contribution in [2.75, 3.05) is 27.2 Å². The molecule has 1 N–H and O–H groups in total. The minimum absolute atomic E-state index is 0.0305. The average Bonchev–Trinajstić information content (AvgIpc) is 2.78. The van der Waals surface area contributed by atoms with Crippen LogP contribution in [0.3, 0.4) is 0 Å². The maximum absolute atomic E-state index is 12.7. The van der Waals surface area contributed by atoms with Gasteiger partial charge in [0.25, 0.3) is 11.8 Å². The van der Waals surface area contributed by atoms with Crippen molar-refractivity contribution in [3.63, 3.8) is 0 Å². The zero-order valence-corrected chi connectivity index (χ0v) is 19.0. The van der Waals surface area contributed by atoms with Gasteiger partial charge in [0.15, 0.2) is 5.75 Å². The summed E-state index contributed by atoms with van der Waals surface area (Å²) in [4.78, 5) is 23.5. The van der Waals surface area contributed by atoms with Crippen molar-refractivity contribution in [1.82, 2.24) is 20.2 Å². The molecule has 0 radical (unpaired) electrons. The molecule has 1 aliphatic heterocycles. The second-order valence-electron chi connectivity index (χ2n) is 7.76. The Labute approximate surface area is 192 Å². The Kier molecular flexibility index (Phi) is 6.58. The van der Waals surface area contributed by atoms with Crippen LogP contribution in [-0.2, 0) is 6.42 Å². The van der Waals surface area contributed by atoms with Gasteiger partial charge >= 0.3 is 0 Å². The van der Waals surface area contributed by atoms with Gasteiger partial charge in [0, 0.05) is 48.7 Å². The molecule has 0 unspecified atom stereocenters. The molecule has 32 heavy (non-hydrogen) atoms. The molecule has 166 valence electrons. The zero-order valence-electron chi connectivity index (χ0n) is 18.3. The predicted octanol–water partition coefficient (Wildman–Crippen LogP) is 4.20. The van der Waals surface area contributed by atoms with E-state index in [9.17, 15) is 4.79 Å². The third-order valence-corrected chi connectivity index (χ3v) is 5.57. The molecule has 3 aromatic rings. The second-order valence-corrected chi connectivity index (χ2v) is 8.19. The number of likely N-dealkylation sites (N-methyl/N-ethyl adjacent to an activating group) is 1. The van der Waals surface area contributed by atoms with Crippen molar-refractivity contribution in [2.24, 2.45) is 0 Å². The summed E-state index contributed by atoms with van der Waals surface area (Å²) in [6, 6.07) is 11.2. The molecule has 0 spiro atoms. The Morgan fingerprint density at radius 2 is 2.03 bits per heavy atom. The van der Waals surface area contributed by atoms with Crippen LogP contribution in [0, 0.1) is 0 Å². The number of nitrogens with zero attached hydrogens (tertiary/aromatic N) is 3. The maximum atomic E-state index is 12.7. The Bertz CT molecular complexity index is 1130. The van der Waals surface area contributed by atoms with E-state index in [0.29, 0.717) is 28.0 Å². The van der Waals surface area contributed by atoms with Crippen molar-refractivity contribution in [1.29, 1.82) is 0 Å². The van der Waals surface area contributed by atoms with E-state index in [4.69, 9.17) is 21.1 Å². The van der Waals surface area contributed by atoms with Crippen LogP contribution in [-0.4, -0.2) is 54.1 Å². The first-order valence-electron chi connectivity index (χ1n) is 10.4. The van der Waals surface area contributed by atoms with Crippen molar-refractivity contribution >= 4 is 17.5 Å². The Morgan fingerprint density at radius 1 is 1.22 bits per heavy atom. The van der Waals surface area contributed by atoms with Gasteiger partial charge in [-0.15, -0.1) is 0 Å². The van der Waals surface area contributed by atoms with Crippen LogP contribution >= 0.6 is 11.6 Å². The number of aryl methyl sites for hydroxylation is 1. The number of benzene rings is 1. The number of hydrogen-bond acceptors (Lipinski definition) is 6. The molecule has 0 bridgehead atoms. The van der Waals surface area contributed by atoms with Gasteiger partial charge in [-0.25, -0.2) is 4.98 Å². The van der Waals surface area contributed by atoms with E-state index in [0.717, 1.165) is 36.3 Å². The molecule has 4 rings (SSSR count). The molecule has 0 atom stereocenters. The smallest absolute Gasteiger partial charge is 0.257 e. The number of rotatable bonds is 7. The minimum Gasteiger partial charge on any atom is -0.478 e. The van der Waals surface area contributed by atoms with Gasteiger partial charge in [0.2, 0.25) is 0 Å². The molecule has 3 heterocycles. The Hall–Kier alpha value is -3.16. The number of carbonyl (C=O) groups excluding carboxylic acids is 1. The highest BCUT2D eigenvalue weighted by atomic mass is 35.5. The van der Waals surface area contributed by atoms with E-state index in [1.807, 2.05) is 38.2 Å². The molecule has 1 amide bonds. The molecular formula is C24H25ClN4O3. The van der Waals surface area contributed by atoms with E-state index in [2.05, 4.69) is 20.2 Å². The third kappa shape index (κ3) is 4.84. The Morgan fingerprint density at radius 3 is 2.75 bits per heavy atom. The number of pyridine rings is 2. The number of methoxy groups -OCH3 is 1. The van der Waals surface area contributed by atoms with E-state index in [1.165, 1.54) is 13.3 Å². The lowest BCUT2D eigenvalue weighted by Crippen LogP contribution is -2.57. The lowest BCUT2D eigenvalue weighted by Gasteiger charge is -2.36.